The van der Waals surface area contributed by atoms with Crippen LogP contribution in [0.15, 0.2) is 9.98 Å². The Morgan fingerprint density at radius 3 is 1.45 bits per heavy atom. The van der Waals surface area contributed by atoms with Crippen molar-refractivity contribution in [3.8, 4) is 0 Å². The van der Waals surface area contributed by atoms with Crippen LogP contribution < -0.4 is 0 Å². The minimum Gasteiger partial charge on any atom is -0.211 e. The SMILES string of the molecule is CC1CC([C@@H]2CCC(N=C=O)C(C)C2)CCC1N=C=O. The summed E-state index contributed by atoms with van der Waals surface area (Å²) in [5.41, 5.74) is 0. The number of nitrogens with zero attached hydrogens (tertiary/aromatic N) is 2. The van der Waals surface area contributed by atoms with E-state index in [1.165, 1.54) is 12.8 Å². The summed E-state index contributed by atoms with van der Waals surface area (Å²) in [6.07, 6.45) is 10.1. The molecule has 0 amide bonds. The highest BCUT2D eigenvalue weighted by molar-refractivity contribution is 5.34. The molecule has 0 spiro atoms. The number of isocyanates is 2. The molecular formula is C16H24N2O2. The van der Waals surface area contributed by atoms with Crippen molar-refractivity contribution in [2.45, 2.75) is 64.5 Å². The average molecular weight is 276 g/mol. The largest absolute Gasteiger partial charge is 0.235 e. The molecule has 2 rings (SSSR count). The van der Waals surface area contributed by atoms with E-state index in [0.717, 1.165) is 37.5 Å². The molecule has 0 aliphatic heterocycles. The lowest BCUT2D eigenvalue weighted by Gasteiger charge is -2.40. The van der Waals surface area contributed by atoms with E-state index < -0.39 is 0 Å². The molecule has 0 saturated heterocycles. The maximum absolute atomic E-state index is 10.4. The van der Waals surface area contributed by atoms with Crippen molar-refractivity contribution in [3.63, 3.8) is 0 Å². The van der Waals surface area contributed by atoms with Gasteiger partial charge in [-0.2, -0.15) is 0 Å². The molecule has 6 atom stereocenters. The maximum atomic E-state index is 10.4. The summed E-state index contributed by atoms with van der Waals surface area (Å²) in [5, 5.41) is 0. The second-order valence-electron chi connectivity index (χ2n) is 6.68. The molecule has 20 heavy (non-hydrogen) atoms. The van der Waals surface area contributed by atoms with Crippen molar-refractivity contribution in [2.75, 3.05) is 0 Å². The number of hydrogen-bond donors (Lipinski definition) is 0. The standard InChI is InChI=1S/C16H24N2O2/c1-11-7-13(3-5-15(11)17-9-19)14-4-6-16(18-10-20)12(2)8-14/h11-16H,3-8H2,1-2H3/t11?,12?,13-,14?,15?,16?/m1/s1. The van der Waals surface area contributed by atoms with Crippen LogP contribution in [0, 0.1) is 23.7 Å². The summed E-state index contributed by atoms with van der Waals surface area (Å²) in [6.45, 7) is 4.40. The van der Waals surface area contributed by atoms with E-state index in [1.807, 2.05) is 0 Å². The Bertz CT molecular complexity index is 384. The van der Waals surface area contributed by atoms with Crippen LogP contribution in [-0.2, 0) is 9.59 Å². The number of hydrogen-bond acceptors (Lipinski definition) is 4. The molecule has 0 aromatic rings. The Morgan fingerprint density at radius 1 is 0.750 bits per heavy atom. The third kappa shape index (κ3) is 3.45. The smallest absolute Gasteiger partial charge is 0.211 e. The summed E-state index contributed by atoms with van der Waals surface area (Å²) in [7, 11) is 0. The van der Waals surface area contributed by atoms with Gasteiger partial charge in [0.15, 0.2) is 0 Å². The maximum Gasteiger partial charge on any atom is 0.235 e. The summed E-state index contributed by atoms with van der Waals surface area (Å²) in [4.78, 5) is 28.7. The quantitative estimate of drug-likeness (QED) is 0.586. The van der Waals surface area contributed by atoms with Crippen LogP contribution in [0.2, 0.25) is 0 Å². The van der Waals surface area contributed by atoms with E-state index in [0.29, 0.717) is 11.8 Å². The highest BCUT2D eigenvalue weighted by atomic mass is 16.1. The van der Waals surface area contributed by atoms with Crippen LogP contribution in [0.4, 0.5) is 0 Å². The molecule has 0 N–H and O–H groups in total. The minimum absolute atomic E-state index is 0.178. The lowest BCUT2D eigenvalue weighted by Crippen LogP contribution is -2.34. The van der Waals surface area contributed by atoms with Gasteiger partial charge in [0, 0.05) is 0 Å². The molecular weight excluding hydrogens is 252 g/mol. The highest BCUT2D eigenvalue weighted by Crippen LogP contribution is 2.43. The third-order valence-electron chi connectivity index (χ3n) is 5.43. The zero-order valence-corrected chi connectivity index (χ0v) is 12.4. The van der Waals surface area contributed by atoms with Crippen molar-refractivity contribution in [3.05, 3.63) is 0 Å². The molecule has 4 heteroatoms. The van der Waals surface area contributed by atoms with Crippen LogP contribution in [0.25, 0.3) is 0 Å². The van der Waals surface area contributed by atoms with E-state index in [-0.39, 0.29) is 12.1 Å². The van der Waals surface area contributed by atoms with Gasteiger partial charge >= 0.3 is 0 Å². The van der Waals surface area contributed by atoms with Crippen LogP contribution in [0.5, 0.6) is 0 Å². The number of rotatable bonds is 3. The van der Waals surface area contributed by atoms with Gasteiger partial charge in [-0.15, -0.1) is 0 Å². The Hall–Kier alpha value is -1.24. The lowest BCUT2D eigenvalue weighted by atomic mass is 9.66. The summed E-state index contributed by atoms with van der Waals surface area (Å²) < 4.78 is 0. The van der Waals surface area contributed by atoms with Crippen molar-refractivity contribution >= 4 is 12.2 Å². The molecule has 0 radical (unpaired) electrons. The van der Waals surface area contributed by atoms with E-state index in [9.17, 15) is 9.59 Å². The van der Waals surface area contributed by atoms with E-state index in [4.69, 9.17) is 0 Å². The van der Waals surface area contributed by atoms with Gasteiger partial charge in [0.2, 0.25) is 12.2 Å². The molecule has 5 unspecified atom stereocenters. The highest BCUT2D eigenvalue weighted by Gasteiger charge is 2.36. The Morgan fingerprint density at radius 2 is 1.15 bits per heavy atom. The summed E-state index contributed by atoms with van der Waals surface area (Å²) in [5.74, 6) is 2.45. The zero-order valence-electron chi connectivity index (χ0n) is 12.4. The predicted molar refractivity (Wildman–Crippen MR) is 76.8 cm³/mol. The Balaban J connectivity index is 1.91. The second-order valence-corrected chi connectivity index (χ2v) is 6.68. The Labute approximate surface area is 120 Å². The molecule has 2 saturated carbocycles. The fourth-order valence-corrected chi connectivity index (χ4v) is 4.22. The lowest BCUT2D eigenvalue weighted by molar-refractivity contribution is 0.124. The van der Waals surface area contributed by atoms with Crippen molar-refractivity contribution in [1.29, 1.82) is 0 Å². The first kappa shape index (κ1) is 15.2. The van der Waals surface area contributed by atoms with E-state index in [2.05, 4.69) is 23.8 Å². The first-order valence-electron chi connectivity index (χ1n) is 7.79. The van der Waals surface area contributed by atoms with Crippen molar-refractivity contribution in [1.82, 2.24) is 0 Å². The summed E-state index contributed by atoms with van der Waals surface area (Å²) in [6, 6.07) is 0.356. The molecule has 4 nitrogen and oxygen atoms in total. The monoisotopic (exact) mass is 276 g/mol. The first-order chi connectivity index (χ1) is 9.65. The molecule has 0 heterocycles. The van der Waals surface area contributed by atoms with Gasteiger partial charge in [0.25, 0.3) is 0 Å². The van der Waals surface area contributed by atoms with Crippen molar-refractivity contribution < 1.29 is 9.59 Å². The van der Waals surface area contributed by atoms with Gasteiger partial charge in [-0.05, 0) is 62.2 Å². The van der Waals surface area contributed by atoms with Gasteiger partial charge in [0.05, 0.1) is 12.1 Å². The molecule has 2 aliphatic rings. The van der Waals surface area contributed by atoms with E-state index in [1.54, 1.807) is 12.2 Å². The number of carbonyl (C=O) groups excluding carboxylic acids is 2. The van der Waals surface area contributed by atoms with Gasteiger partial charge in [-0.1, -0.05) is 13.8 Å². The number of aliphatic imine (C=N–C) groups is 2. The summed E-state index contributed by atoms with van der Waals surface area (Å²) >= 11 is 0. The topological polar surface area (TPSA) is 58.9 Å². The van der Waals surface area contributed by atoms with Gasteiger partial charge in [0.1, 0.15) is 0 Å². The third-order valence-corrected chi connectivity index (χ3v) is 5.43. The van der Waals surface area contributed by atoms with Gasteiger partial charge < -0.3 is 0 Å². The normalized spacial score (nSPS) is 41.3. The van der Waals surface area contributed by atoms with E-state index >= 15 is 0 Å². The molecule has 0 bridgehead atoms. The predicted octanol–water partition coefficient (Wildman–Crippen LogP) is 3.27. The van der Waals surface area contributed by atoms with Crippen LogP contribution in [0.1, 0.15) is 52.4 Å². The second kappa shape index (κ2) is 6.97. The fourth-order valence-electron chi connectivity index (χ4n) is 4.22. The molecule has 110 valence electrons. The van der Waals surface area contributed by atoms with Crippen LogP contribution in [-0.4, -0.2) is 24.2 Å². The molecule has 2 aliphatic carbocycles. The average Bonchev–Trinajstić information content (AvgIpc) is 2.44. The fraction of sp³-hybridized carbons (Fsp3) is 0.875. The minimum atomic E-state index is 0.178. The van der Waals surface area contributed by atoms with Crippen molar-refractivity contribution in [2.24, 2.45) is 33.7 Å². The van der Waals surface area contributed by atoms with Crippen LogP contribution >= 0.6 is 0 Å². The molecule has 2 fully saturated rings. The van der Waals surface area contributed by atoms with Crippen LogP contribution in [0.3, 0.4) is 0 Å². The molecule has 0 aromatic carbocycles. The molecule has 0 aromatic heterocycles. The van der Waals surface area contributed by atoms with Gasteiger partial charge in [-0.25, -0.2) is 19.6 Å². The zero-order chi connectivity index (χ0) is 14.5. The first-order valence-corrected chi connectivity index (χ1v) is 7.79. The Kier molecular flexibility index (Phi) is 5.28. The van der Waals surface area contributed by atoms with Gasteiger partial charge in [-0.3, -0.25) is 0 Å².